The van der Waals surface area contributed by atoms with Crippen LogP contribution in [-0.2, 0) is 6.54 Å². The first-order chi connectivity index (χ1) is 11.5. The number of carbonyl (C=O) groups is 1. The van der Waals surface area contributed by atoms with Crippen molar-refractivity contribution in [2.45, 2.75) is 40.2 Å². The van der Waals surface area contributed by atoms with Gasteiger partial charge in [0.25, 0.3) is 5.91 Å². The quantitative estimate of drug-likeness (QED) is 0.714. The minimum absolute atomic E-state index is 0.394. The summed E-state index contributed by atoms with van der Waals surface area (Å²) in [6.07, 6.45) is 2.13. The Labute approximate surface area is 149 Å². The van der Waals surface area contributed by atoms with E-state index in [9.17, 15) is 4.79 Å². The summed E-state index contributed by atoms with van der Waals surface area (Å²) in [6, 6.07) is 1.86. The van der Waals surface area contributed by atoms with Crippen LogP contribution in [0.4, 0.5) is 0 Å². The molecule has 0 saturated carbocycles. The third kappa shape index (κ3) is 3.14. The molecule has 126 valence electrons. The zero-order valence-electron chi connectivity index (χ0n) is 14.0. The van der Waals surface area contributed by atoms with Gasteiger partial charge < -0.3 is 10.3 Å². The zero-order chi connectivity index (χ0) is 17.3. The highest BCUT2D eigenvalue weighted by molar-refractivity contribution is 7.14. The van der Waals surface area contributed by atoms with Crippen LogP contribution in [-0.4, -0.2) is 20.4 Å². The second kappa shape index (κ2) is 6.86. The molecule has 0 fully saturated rings. The third-order valence-corrected chi connectivity index (χ3v) is 5.61. The Hall–Kier alpha value is -1.99. The van der Waals surface area contributed by atoms with Crippen molar-refractivity contribution in [1.29, 1.82) is 0 Å². The first-order valence-electron chi connectivity index (χ1n) is 7.89. The highest BCUT2D eigenvalue weighted by Crippen LogP contribution is 2.32. The summed E-state index contributed by atoms with van der Waals surface area (Å²) in [5, 5.41) is 5.97. The van der Waals surface area contributed by atoms with Crippen molar-refractivity contribution in [1.82, 2.24) is 14.5 Å². The Morgan fingerprint density at radius 1 is 1.21 bits per heavy atom. The number of nitrogens with zero attached hydrogens (tertiary/aromatic N) is 3. The van der Waals surface area contributed by atoms with Crippen LogP contribution in [0, 0.1) is 13.8 Å². The van der Waals surface area contributed by atoms with Crippen LogP contribution >= 0.6 is 22.7 Å². The van der Waals surface area contributed by atoms with Crippen molar-refractivity contribution >= 4 is 28.6 Å². The number of aromatic nitrogens is 3. The smallest absolute Gasteiger partial charge is 0.250 e. The molecule has 0 aliphatic rings. The maximum atomic E-state index is 11.7. The minimum Gasteiger partial charge on any atom is -0.366 e. The number of amides is 1. The van der Waals surface area contributed by atoms with Crippen LogP contribution in [0.2, 0.25) is 0 Å². The van der Waals surface area contributed by atoms with Crippen molar-refractivity contribution in [3.8, 4) is 22.1 Å². The largest absolute Gasteiger partial charge is 0.366 e. The lowest BCUT2D eigenvalue weighted by Crippen LogP contribution is -2.12. The van der Waals surface area contributed by atoms with Crippen LogP contribution in [0.5, 0.6) is 0 Å². The molecule has 3 aromatic rings. The summed E-state index contributed by atoms with van der Waals surface area (Å²) in [5.41, 5.74) is 9.73. The summed E-state index contributed by atoms with van der Waals surface area (Å²) in [5.74, 6) is -0.394. The van der Waals surface area contributed by atoms with E-state index in [0.717, 1.165) is 52.2 Å². The Morgan fingerprint density at radius 2 is 1.96 bits per heavy atom. The monoisotopic (exact) mass is 360 g/mol. The highest BCUT2D eigenvalue weighted by atomic mass is 32.1. The Balaban J connectivity index is 2.03. The van der Waals surface area contributed by atoms with Gasteiger partial charge in [-0.1, -0.05) is 13.3 Å². The second-order valence-electron chi connectivity index (χ2n) is 5.69. The Kier molecular flexibility index (Phi) is 4.82. The van der Waals surface area contributed by atoms with E-state index < -0.39 is 5.91 Å². The molecule has 0 radical (unpaired) electrons. The maximum absolute atomic E-state index is 11.7. The Bertz CT molecular complexity index is 875. The summed E-state index contributed by atoms with van der Waals surface area (Å²) in [4.78, 5) is 20.9. The van der Waals surface area contributed by atoms with Crippen molar-refractivity contribution in [2.75, 3.05) is 0 Å². The second-order valence-corrected chi connectivity index (χ2v) is 7.61. The standard InChI is InChI=1S/C17H20N4OS2/c1-4-5-6-21-10(2)12(16(18)22)7-15(21)13-8-24-17(20-13)14-9-23-11(3)19-14/h7-9H,4-6H2,1-3H3,(H2,18,22). The zero-order valence-corrected chi connectivity index (χ0v) is 15.6. The number of unbranched alkanes of at least 4 members (excludes halogenated alkanes) is 1. The lowest BCUT2D eigenvalue weighted by Gasteiger charge is -2.09. The average Bonchev–Trinajstić information content (AvgIpc) is 3.24. The number of carbonyl (C=O) groups excluding carboxylic acids is 1. The van der Waals surface area contributed by atoms with Crippen molar-refractivity contribution in [2.24, 2.45) is 5.73 Å². The predicted octanol–water partition coefficient (Wildman–Crippen LogP) is 4.25. The molecule has 0 aliphatic heterocycles. The topological polar surface area (TPSA) is 73.8 Å². The van der Waals surface area contributed by atoms with E-state index in [1.54, 1.807) is 22.7 Å². The number of primary amides is 1. The summed E-state index contributed by atoms with van der Waals surface area (Å²) >= 11 is 3.19. The molecule has 0 bridgehead atoms. The van der Waals surface area contributed by atoms with E-state index in [-0.39, 0.29) is 0 Å². The normalized spacial score (nSPS) is 11.1. The number of thiazole rings is 2. The fraction of sp³-hybridized carbons (Fsp3) is 0.353. The fourth-order valence-corrected chi connectivity index (χ4v) is 4.13. The van der Waals surface area contributed by atoms with Gasteiger partial charge in [-0.25, -0.2) is 9.97 Å². The molecule has 1 amide bonds. The number of nitrogens with two attached hydrogens (primary N) is 1. The van der Waals surface area contributed by atoms with Gasteiger partial charge in [-0.2, -0.15) is 0 Å². The van der Waals surface area contributed by atoms with Crippen LogP contribution in [0.25, 0.3) is 22.1 Å². The van der Waals surface area contributed by atoms with Crippen LogP contribution in [0.1, 0.15) is 40.8 Å². The molecular formula is C17H20N4OS2. The van der Waals surface area contributed by atoms with Gasteiger partial charge in [-0.05, 0) is 26.3 Å². The summed E-state index contributed by atoms with van der Waals surface area (Å²) in [6.45, 7) is 6.93. The molecule has 3 rings (SSSR count). The van der Waals surface area contributed by atoms with Crippen LogP contribution < -0.4 is 5.73 Å². The van der Waals surface area contributed by atoms with E-state index in [1.807, 2.05) is 30.7 Å². The predicted molar refractivity (Wildman–Crippen MR) is 99.5 cm³/mol. The maximum Gasteiger partial charge on any atom is 0.250 e. The Morgan fingerprint density at radius 3 is 2.58 bits per heavy atom. The molecule has 5 nitrogen and oxygen atoms in total. The van der Waals surface area contributed by atoms with E-state index >= 15 is 0 Å². The molecule has 0 saturated heterocycles. The van der Waals surface area contributed by atoms with E-state index in [2.05, 4.69) is 16.5 Å². The minimum atomic E-state index is -0.394. The molecule has 0 spiro atoms. The molecule has 0 aromatic carbocycles. The van der Waals surface area contributed by atoms with Gasteiger partial charge in [-0.3, -0.25) is 4.79 Å². The molecule has 0 unspecified atom stereocenters. The fourth-order valence-electron chi connectivity index (χ4n) is 2.68. The van der Waals surface area contributed by atoms with Gasteiger partial charge in [0.1, 0.15) is 10.7 Å². The first-order valence-corrected chi connectivity index (χ1v) is 9.65. The van der Waals surface area contributed by atoms with E-state index in [0.29, 0.717) is 5.56 Å². The molecule has 3 heterocycles. The summed E-state index contributed by atoms with van der Waals surface area (Å²) in [7, 11) is 0. The van der Waals surface area contributed by atoms with Gasteiger partial charge in [0, 0.05) is 23.0 Å². The van der Waals surface area contributed by atoms with Gasteiger partial charge in [0.05, 0.1) is 22.0 Å². The van der Waals surface area contributed by atoms with Crippen molar-refractivity contribution < 1.29 is 4.79 Å². The highest BCUT2D eigenvalue weighted by Gasteiger charge is 2.19. The van der Waals surface area contributed by atoms with Gasteiger partial charge >= 0.3 is 0 Å². The lowest BCUT2D eigenvalue weighted by molar-refractivity contribution is 0.0999. The molecule has 24 heavy (non-hydrogen) atoms. The molecule has 2 N–H and O–H groups in total. The molecule has 0 atom stereocenters. The molecular weight excluding hydrogens is 340 g/mol. The third-order valence-electron chi connectivity index (χ3n) is 3.97. The van der Waals surface area contributed by atoms with E-state index in [1.165, 1.54) is 0 Å². The molecule has 7 heteroatoms. The number of rotatable bonds is 6. The van der Waals surface area contributed by atoms with Gasteiger partial charge in [-0.15, -0.1) is 22.7 Å². The van der Waals surface area contributed by atoms with Crippen LogP contribution in [0.3, 0.4) is 0 Å². The average molecular weight is 361 g/mol. The first kappa shape index (κ1) is 16.9. The van der Waals surface area contributed by atoms with Crippen molar-refractivity contribution in [3.63, 3.8) is 0 Å². The van der Waals surface area contributed by atoms with Gasteiger partial charge in [0.15, 0.2) is 0 Å². The lowest BCUT2D eigenvalue weighted by atomic mass is 10.2. The molecule has 0 aliphatic carbocycles. The van der Waals surface area contributed by atoms with Crippen molar-refractivity contribution in [3.05, 3.63) is 33.1 Å². The number of hydrogen-bond acceptors (Lipinski definition) is 5. The van der Waals surface area contributed by atoms with Gasteiger partial charge in [0.2, 0.25) is 0 Å². The number of hydrogen-bond donors (Lipinski definition) is 1. The number of aryl methyl sites for hydroxylation is 1. The van der Waals surface area contributed by atoms with E-state index in [4.69, 9.17) is 10.7 Å². The molecule has 3 aromatic heterocycles. The SMILES string of the molecule is CCCCn1c(-c2csc(-c3csc(C)n3)n2)cc(C(N)=O)c1C. The summed E-state index contributed by atoms with van der Waals surface area (Å²) < 4.78 is 2.15. The van der Waals surface area contributed by atoms with Crippen LogP contribution in [0.15, 0.2) is 16.8 Å².